The molecule has 0 bridgehead atoms. The van der Waals surface area contributed by atoms with E-state index in [0.717, 1.165) is 50.0 Å². The SMILES string of the molecule is c1cccc(-n2c3ccc(-c4ccc(-c5c6ccccc6c(-c6cccc7ccccc67)c6ccccc56)cc4)cc3c3cc(-c4ccccn4)ncc32)c#1. The van der Waals surface area contributed by atoms with Crippen molar-refractivity contribution in [1.29, 1.82) is 0 Å². The molecule has 11 aromatic rings. The number of nitrogens with zero attached hydrogens (tertiary/aromatic N) is 3. The number of hydrogen-bond acceptors (Lipinski definition) is 2. The summed E-state index contributed by atoms with van der Waals surface area (Å²) in [5, 5.41) is 9.79. The van der Waals surface area contributed by atoms with Gasteiger partial charge in [0.2, 0.25) is 0 Å². The highest BCUT2D eigenvalue weighted by molar-refractivity contribution is 6.23. The van der Waals surface area contributed by atoms with Gasteiger partial charge in [-0.05, 0) is 114 Å². The zero-order chi connectivity index (χ0) is 36.3. The average Bonchev–Trinajstić information content (AvgIpc) is 3.59. The highest BCUT2D eigenvalue weighted by Crippen LogP contribution is 2.45. The van der Waals surface area contributed by atoms with Crippen LogP contribution in [0.15, 0.2) is 188 Å². The first-order valence-corrected chi connectivity index (χ1v) is 18.6. The second kappa shape index (κ2) is 12.6. The Morgan fingerprint density at radius 2 is 1.07 bits per heavy atom. The predicted molar refractivity (Wildman–Crippen MR) is 228 cm³/mol. The molecule has 3 aromatic heterocycles. The van der Waals surface area contributed by atoms with Crippen molar-refractivity contribution in [3.05, 3.63) is 200 Å². The topological polar surface area (TPSA) is 30.7 Å². The Labute approximate surface area is 318 Å². The first-order chi connectivity index (χ1) is 27.3. The number of fused-ring (bicyclic) bond motifs is 6. The van der Waals surface area contributed by atoms with Crippen LogP contribution in [0.2, 0.25) is 0 Å². The molecule has 0 amide bonds. The molecule has 0 aliphatic carbocycles. The molecule has 8 aromatic carbocycles. The van der Waals surface area contributed by atoms with Gasteiger partial charge in [-0.3, -0.25) is 9.97 Å². The maximum absolute atomic E-state index is 4.85. The summed E-state index contributed by atoms with van der Waals surface area (Å²) in [5.74, 6) is 0. The van der Waals surface area contributed by atoms with Gasteiger partial charge in [-0.1, -0.05) is 140 Å². The largest absolute Gasteiger partial charge is 0.300 e. The Kier molecular flexibility index (Phi) is 7.08. The van der Waals surface area contributed by atoms with Crippen LogP contribution < -0.4 is 0 Å². The van der Waals surface area contributed by atoms with Gasteiger partial charge in [0.25, 0.3) is 0 Å². The molecule has 0 N–H and O–H groups in total. The van der Waals surface area contributed by atoms with Crippen LogP contribution in [0.4, 0.5) is 0 Å². The summed E-state index contributed by atoms with van der Waals surface area (Å²) in [4.78, 5) is 9.44. The highest BCUT2D eigenvalue weighted by Gasteiger charge is 2.19. The minimum absolute atomic E-state index is 0.844. The Bertz CT molecular complexity index is 3170. The van der Waals surface area contributed by atoms with E-state index in [1.165, 1.54) is 54.6 Å². The molecular weight excluding hydrogens is 667 g/mol. The van der Waals surface area contributed by atoms with Gasteiger partial charge in [-0.2, -0.15) is 0 Å². The summed E-state index contributed by atoms with van der Waals surface area (Å²) in [5.41, 5.74) is 12.0. The van der Waals surface area contributed by atoms with E-state index in [9.17, 15) is 0 Å². The van der Waals surface area contributed by atoms with Crippen molar-refractivity contribution >= 4 is 54.1 Å². The standard InChI is InChI=1S/C52H31N3/c1-2-15-38(16-3-1)55-49-29-28-37(31-45(49)46-32-48(54-33-50(46)55)47-23-10-11-30-53-47)34-24-26-36(27-25-34)51-41-18-6-8-20-43(41)52(44-21-9-7-19-42(44)51)40-22-12-14-35-13-4-5-17-39(35)40/h1-2,4-15,17-33H. The molecule has 11 rings (SSSR count). The molecule has 0 spiro atoms. The minimum Gasteiger partial charge on any atom is -0.300 e. The van der Waals surface area contributed by atoms with E-state index in [1.807, 2.05) is 42.7 Å². The van der Waals surface area contributed by atoms with E-state index in [0.29, 0.717) is 0 Å². The Balaban J connectivity index is 1.07. The van der Waals surface area contributed by atoms with Crippen LogP contribution >= 0.6 is 0 Å². The zero-order valence-electron chi connectivity index (χ0n) is 29.7. The molecule has 0 aliphatic rings. The lowest BCUT2D eigenvalue weighted by atomic mass is 9.84. The fourth-order valence-corrected chi connectivity index (χ4v) is 8.49. The van der Waals surface area contributed by atoms with Crippen molar-refractivity contribution in [2.75, 3.05) is 0 Å². The van der Waals surface area contributed by atoms with E-state index in [2.05, 4.69) is 167 Å². The van der Waals surface area contributed by atoms with Crippen LogP contribution in [0.3, 0.4) is 0 Å². The fraction of sp³-hybridized carbons (Fsp3) is 0. The molecule has 0 aliphatic heterocycles. The zero-order valence-corrected chi connectivity index (χ0v) is 29.7. The van der Waals surface area contributed by atoms with Crippen molar-refractivity contribution in [3.8, 4) is 50.5 Å². The third-order valence-corrected chi connectivity index (χ3v) is 11.0. The molecule has 0 unspecified atom stereocenters. The molecule has 0 atom stereocenters. The highest BCUT2D eigenvalue weighted by atomic mass is 15.0. The van der Waals surface area contributed by atoms with E-state index < -0.39 is 0 Å². The number of aromatic nitrogens is 3. The van der Waals surface area contributed by atoms with Gasteiger partial charge in [-0.25, -0.2) is 0 Å². The van der Waals surface area contributed by atoms with Crippen LogP contribution in [0, 0.1) is 12.1 Å². The molecule has 3 heterocycles. The van der Waals surface area contributed by atoms with Gasteiger partial charge < -0.3 is 4.57 Å². The van der Waals surface area contributed by atoms with Crippen LogP contribution in [0.25, 0.3) is 105 Å². The van der Waals surface area contributed by atoms with Crippen molar-refractivity contribution in [3.63, 3.8) is 0 Å². The van der Waals surface area contributed by atoms with E-state index in [-0.39, 0.29) is 0 Å². The number of hydrogen-bond donors (Lipinski definition) is 0. The summed E-state index contributed by atoms with van der Waals surface area (Å²) < 4.78 is 2.22. The molecule has 254 valence electrons. The first kappa shape index (κ1) is 31.0. The molecule has 0 saturated heterocycles. The van der Waals surface area contributed by atoms with Gasteiger partial charge in [0.05, 0.1) is 34.3 Å². The predicted octanol–water partition coefficient (Wildman–Crippen LogP) is 13.3. The molecule has 0 saturated carbocycles. The quantitative estimate of drug-likeness (QED) is 0.168. The normalized spacial score (nSPS) is 11.5. The summed E-state index contributed by atoms with van der Waals surface area (Å²) in [6.45, 7) is 0. The van der Waals surface area contributed by atoms with Crippen molar-refractivity contribution in [2.45, 2.75) is 0 Å². The van der Waals surface area contributed by atoms with Crippen LogP contribution in [-0.4, -0.2) is 14.5 Å². The number of rotatable bonds is 5. The lowest BCUT2D eigenvalue weighted by Gasteiger charge is -2.19. The smallest absolute Gasteiger partial charge is 0.0974 e. The summed E-state index contributed by atoms with van der Waals surface area (Å²) in [6.07, 6.45) is 3.76. The van der Waals surface area contributed by atoms with Crippen molar-refractivity contribution in [2.24, 2.45) is 0 Å². The molecule has 0 radical (unpaired) electrons. The van der Waals surface area contributed by atoms with Crippen LogP contribution in [-0.2, 0) is 0 Å². The van der Waals surface area contributed by atoms with Crippen molar-refractivity contribution < 1.29 is 0 Å². The van der Waals surface area contributed by atoms with Crippen LogP contribution in [0.1, 0.15) is 0 Å². The lowest BCUT2D eigenvalue weighted by Crippen LogP contribution is -1.93. The monoisotopic (exact) mass is 697 g/mol. The lowest BCUT2D eigenvalue weighted by molar-refractivity contribution is 1.16. The minimum atomic E-state index is 0.844. The van der Waals surface area contributed by atoms with Gasteiger partial charge in [0.15, 0.2) is 0 Å². The average molecular weight is 698 g/mol. The van der Waals surface area contributed by atoms with Gasteiger partial charge in [-0.15, -0.1) is 0 Å². The maximum atomic E-state index is 4.85. The third kappa shape index (κ3) is 5.00. The van der Waals surface area contributed by atoms with Gasteiger partial charge in [0, 0.05) is 17.0 Å². The Morgan fingerprint density at radius 3 is 1.80 bits per heavy atom. The van der Waals surface area contributed by atoms with E-state index in [1.54, 1.807) is 0 Å². The Hall–Kier alpha value is -7.54. The molecule has 3 nitrogen and oxygen atoms in total. The fourth-order valence-electron chi connectivity index (χ4n) is 8.49. The van der Waals surface area contributed by atoms with Crippen LogP contribution in [0.5, 0.6) is 0 Å². The molecule has 3 heteroatoms. The number of benzene rings is 7. The maximum Gasteiger partial charge on any atom is 0.0974 e. The van der Waals surface area contributed by atoms with E-state index in [4.69, 9.17) is 4.98 Å². The summed E-state index contributed by atoms with van der Waals surface area (Å²) in [6, 6.07) is 69.4. The molecular formula is C52H31N3. The third-order valence-electron chi connectivity index (χ3n) is 11.0. The first-order valence-electron chi connectivity index (χ1n) is 18.6. The van der Waals surface area contributed by atoms with E-state index >= 15 is 0 Å². The molecule has 55 heavy (non-hydrogen) atoms. The van der Waals surface area contributed by atoms with Gasteiger partial charge >= 0.3 is 0 Å². The molecule has 0 fully saturated rings. The second-order valence-corrected chi connectivity index (χ2v) is 14.0. The summed E-state index contributed by atoms with van der Waals surface area (Å²) >= 11 is 0. The summed E-state index contributed by atoms with van der Waals surface area (Å²) in [7, 11) is 0. The van der Waals surface area contributed by atoms with Gasteiger partial charge in [0.1, 0.15) is 0 Å². The Morgan fingerprint density at radius 1 is 0.418 bits per heavy atom. The second-order valence-electron chi connectivity index (χ2n) is 14.0. The number of pyridine rings is 2. The van der Waals surface area contributed by atoms with Crippen molar-refractivity contribution in [1.82, 2.24) is 14.5 Å².